The molecule has 2 saturated heterocycles. The summed E-state index contributed by atoms with van der Waals surface area (Å²) in [5.74, 6) is 2.06. The van der Waals surface area contributed by atoms with Gasteiger partial charge in [0.05, 0.1) is 18.1 Å². The first-order chi connectivity index (χ1) is 11.9. The van der Waals surface area contributed by atoms with Crippen LogP contribution in [0, 0.1) is 0 Å². The molecule has 2 aliphatic rings. The number of aromatic nitrogens is 2. The second-order valence-corrected chi connectivity index (χ2v) is 9.43. The molecule has 140 valence electrons. The van der Waals surface area contributed by atoms with Crippen molar-refractivity contribution in [1.82, 2.24) is 19.4 Å². The van der Waals surface area contributed by atoms with Crippen molar-refractivity contribution in [2.45, 2.75) is 44.7 Å². The summed E-state index contributed by atoms with van der Waals surface area (Å²) in [7, 11) is -1.06. The van der Waals surface area contributed by atoms with E-state index in [1.807, 2.05) is 29.2 Å². The predicted octanol–water partition coefficient (Wildman–Crippen LogP) is 0.728. The molecule has 25 heavy (non-hydrogen) atoms. The van der Waals surface area contributed by atoms with E-state index in [-0.39, 0.29) is 23.5 Å². The highest BCUT2D eigenvalue weighted by Crippen LogP contribution is 2.27. The van der Waals surface area contributed by atoms with E-state index >= 15 is 0 Å². The van der Waals surface area contributed by atoms with Crippen molar-refractivity contribution >= 4 is 15.7 Å². The number of carbonyl (C=O) groups is 1. The number of rotatable bonds is 5. The third-order valence-corrected chi connectivity index (χ3v) is 7.27. The lowest BCUT2D eigenvalue weighted by Crippen LogP contribution is -2.45. The molecule has 1 aromatic rings. The second-order valence-electron chi connectivity index (χ2n) is 7.20. The molecule has 0 bridgehead atoms. The number of hydrogen-bond donors (Lipinski definition) is 0. The van der Waals surface area contributed by atoms with Gasteiger partial charge in [0, 0.05) is 44.0 Å². The van der Waals surface area contributed by atoms with Gasteiger partial charge >= 0.3 is 0 Å². The molecule has 0 aromatic carbocycles. The normalized spacial score (nSPS) is 24.1. The minimum absolute atomic E-state index is 0.0245. The summed E-state index contributed by atoms with van der Waals surface area (Å²) in [6, 6.07) is -0.0245. The standard InChI is InChI=1S/C17H28N4O3S/c1-3-20-10-7-18-17(20)14-4-8-21(9-5-14)16(22)12-19(2)15-6-11-25(23,24)13-15/h7,10,14-15H,3-6,8-9,11-13H2,1-2H3. The Morgan fingerprint density at radius 1 is 1.32 bits per heavy atom. The molecule has 3 rings (SSSR count). The second kappa shape index (κ2) is 7.45. The van der Waals surface area contributed by atoms with Gasteiger partial charge in [0.15, 0.2) is 9.84 Å². The van der Waals surface area contributed by atoms with E-state index in [0.717, 1.165) is 38.3 Å². The van der Waals surface area contributed by atoms with E-state index in [9.17, 15) is 13.2 Å². The number of nitrogens with zero attached hydrogens (tertiary/aromatic N) is 4. The lowest BCUT2D eigenvalue weighted by Gasteiger charge is -2.33. The van der Waals surface area contributed by atoms with E-state index in [1.54, 1.807) is 0 Å². The van der Waals surface area contributed by atoms with Crippen LogP contribution in [0.5, 0.6) is 0 Å². The van der Waals surface area contributed by atoms with Crippen LogP contribution in [-0.2, 0) is 21.2 Å². The van der Waals surface area contributed by atoms with Crippen LogP contribution in [0.4, 0.5) is 0 Å². The van der Waals surface area contributed by atoms with Crippen molar-refractivity contribution in [3.63, 3.8) is 0 Å². The first kappa shape index (κ1) is 18.4. The molecule has 0 N–H and O–H groups in total. The first-order valence-electron chi connectivity index (χ1n) is 9.09. The quantitative estimate of drug-likeness (QED) is 0.766. The minimum atomic E-state index is -2.92. The lowest BCUT2D eigenvalue weighted by molar-refractivity contribution is -0.133. The lowest BCUT2D eigenvalue weighted by atomic mass is 9.95. The van der Waals surface area contributed by atoms with Gasteiger partial charge in [-0.25, -0.2) is 13.4 Å². The summed E-state index contributed by atoms with van der Waals surface area (Å²) in [6.07, 6.45) is 6.36. The van der Waals surface area contributed by atoms with Crippen LogP contribution < -0.4 is 0 Å². The van der Waals surface area contributed by atoms with Crippen molar-refractivity contribution in [2.24, 2.45) is 0 Å². The number of likely N-dealkylation sites (N-methyl/N-ethyl adjacent to an activating group) is 1. The average Bonchev–Trinajstić information content (AvgIpc) is 3.20. The van der Waals surface area contributed by atoms with Gasteiger partial charge in [0.25, 0.3) is 0 Å². The number of likely N-dealkylation sites (tertiary alicyclic amines) is 1. The van der Waals surface area contributed by atoms with E-state index in [2.05, 4.69) is 16.5 Å². The van der Waals surface area contributed by atoms with Crippen molar-refractivity contribution in [3.05, 3.63) is 18.2 Å². The van der Waals surface area contributed by atoms with Crippen LogP contribution in [0.15, 0.2) is 12.4 Å². The fraction of sp³-hybridized carbons (Fsp3) is 0.765. The maximum atomic E-state index is 12.6. The van der Waals surface area contributed by atoms with Crippen LogP contribution in [0.25, 0.3) is 0 Å². The topological polar surface area (TPSA) is 75.5 Å². The maximum absolute atomic E-state index is 12.6. The fourth-order valence-corrected chi connectivity index (χ4v) is 5.71. The summed E-state index contributed by atoms with van der Waals surface area (Å²) >= 11 is 0. The Morgan fingerprint density at radius 3 is 2.64 bits per heavy atom. The molecular weight excluding hydrogens is 340 g/mol. The largest absolute Gasteiger partial charge is 0.342 e. The SMILES string of the molecule is CCn1ccnc1C1CCN(C(=O)CN(C)C2CCS(=O)(=O)C2)CC1. The molecule has 7 nitrogen and oxygen atoms in total. The number of piperidine rings is 1. The van der Waals surface area contributed by atoms with Crippen LogP contribution in [0.3, 0.4) is 0 Å². The highest BCUT2D eigenvalue weighted by Gasteiger charge is 2.33. The first-order valence-corrected chi connectivity index (χ1v) is 10.9. The van der Waals surface area contributed by atoms with Crippen molar-refractivity contribution in [1.29, 1.82) is 0 Å². The molecule has 1 amide bonds. The summed E-state index contributed by atoms with van der Waals surface area (Å²) in [6.45, 7) is 4.83. The monoisotopic (exact) mass is 368 g/mol. The van der Waals surface area contributed by atoms with Gasteiger partial charge in [-0.2, -0.15) is 0 Å². The van der Waals surface area contributed by atoms with E-state index in [1.165, 1.54) is 0 Å². The molecule has 2 aliphatic heterocycles. The van der Waals surface area contributed by atoms with Crippen LogP contribution >= 0.6 is 0 Å². The summed E-state index contributed by atoms with van der Waals surface area (Å²) in [5.41, 5.74) is 0. The molecule has 0 aliphatic carbocycles. The van der Waals surface area contributed by atoms with Gasteiger partial charge in [-0.05, 0) is 33.2 Å². The van der Waals surface area contributed by atoms with E-state index in [4.69, 9.17) is 0 Å². The zero-order valence-electron chi connectivity index (χ0n) is 15.1. The van der Waals surface area contributed by atoms with E-state index in [0.29, 0.717) is 18.9 Å². The average molecular weight is 369 g/mol. The maximum Gasteiger partial charge on any atom is 0.236 e. The summed E-state index contributed by atoms with van der Waals surface area (Å²) in [4.78, 5) is 20.9. The van der Waals surface area contributed by atoms with Gasteiger partial charge < -0.3 is 9.47 Å². The molecule has 0 saturated carbocycles. The zero-order chi connectivity index (χ0) is 18.0. The van der Waals surface area contributed by atoms with Gasteiger partial charge in [-0.3, -0.25) is 9.69 Å². The van der Waals surface area contributed by atoms with Crippen LogP contribution in [-0.4, -0.2) is 77.9 Å². The smallest absolute Gasteiger partial charge is 0.236 e. The number of aryl methyl sites for hydroxylation is 1. The van der Waals surface area contributed by atoms with Gasteiger partial charge in [-0.1, -0.05) is 0 Å². The number of sulfone groups is 1. The van der Waals surface area contributed by atoms with Gasteiger partial charge in [0.1, 0.15) is 5.82 Å². The summed E-state index contributed by atoms with van der Waals surface area (Å²) in [5, 5.41) is 0. The Morgan fingerprint density at radius 2 is 2.04 bits per heavy atom. The molecule has 8 heteroatoms. The highest BCUT2D eigenvalue weighted by molar-refractivity contribution is 7.91. The van der Waals surface area contributed by atoms with Crippen molar-refractivity contribution in [3.8, 4) is 0 Å². The number of hydrogen-bond acceptors (Lipinski definition) is 5. The molecule has 0 spiro atoms. The number of amides is 1. The van der Waals surface area contributed by atoms with Crippen molar-refractivity contribution < 1.29 is 13.2 Å². The van der Waals surface area contributed by atoms with Crippen molar-refractivity contribution in [2.75, 3.05) is 38.2 Å². The molecule has 1 unspecified atom stereocenters. The Hall–Kier alpha value is -1.41. The number of imidazole rings is 1. The van der Waals surface area contributed by atoms with Crippen LogP contribution in [0.1, 0.15) is 37.9 Å². The van der Waals surface area contributed by atoms with E-state index < -0.39 is 9.84 Å². The molecule has 1 aromatic heterocycles. The molecule has 0 radical (unpaired) electrons. The summed E-state index contributed by atoms with van der Waals surface area (Å²) < 4.78 is 25.4. The molecule has 1 atom stereocenters. The Labute approximate surface area is 149 Å². The third kappa shape index (κ3) is 4.23. The van der Waals surface area contributed by atoms with Gasteiger partial charge in [0.2, 0.25) is 5.91 Å². The van der Waals surface area contributed by atoms with Gasteiger partial charge in [-0.15, -0.1) is 0 Å². The third-order valence-electron chi connectivity index (χ3n) is 5.52. The van der Waals surface area contributed by atoms with Crippen LogP contribution in [0.2, 0.25) is 0 Å². The Balaban J connectivity index is 1.50. The Kier molecular flexibility index (Phi) is 5.48. The fourth-order valence-electron chi connectivity index (χ4n) is 3.90. The molecule has 2 fully saturated rings. The molecule has 3 heterocycles. The number of carbonyl (C=O) groups excluding carboxylic acids is 1. The molecular formula is C17H28N4O3S. The minimum Gasteiger partial charge on any atom is -0.342 e. The Bertz CT molecular complexity index is 707. The zero-order valence-corrected chi connectivity index (χ0v) is 15.9. The highest BCUT2D eigenvalue weighted by atomic mass is 32.2. The predicted molar refractivity (Wildman–Crippen MR) is 96.1 cm³/mol.